The molecule has 2 aromatic carbocycles. The Morgan fingerprint density at radius 2 is 1.61 bits per heavy atom. The molecule has 1 aliphatic rings. The number of carbonyl (C=O) groups excluding carboxylic acids is 1. The molecule has 0 atom stereocenters. The first-order valence-electron chi connectivity index (χ1n) is 11.0. The molecule has 1 amide bonds. The summed E-state index contributed by atoms with van der Waals surface area (Å²) < 4.78 is 26.3. The smallest absolute Gasteiger partial charge is 0.242 e. The molecule has 1 fully saturated rings. The van der Waals surface area contributed by atoms with Gasteiger partial charge in [0.25, 0.3) is 0 Å². The van der Waals surface area contributed by atoms with Gasteiger partial charge < -0.3 is 5.32 Å². The molecule has 6 nitrogen and oxygen atoms in total. The Kier molecular flexibility index (Phi) is 8.63. The number of rotatable bonds is 10. The van der Waals surface area contributed by atoms with Crippen molar-refractivity contribution in [2.75, 3.05) is 26.7 Å². The molecule has 168 valence electrons. The molecule has 3 rings (SSSR count). The van der Waals surface area contributed by atoms with E-state index in [0.29, 0.717) is 25.9 Å². The van der Waals surface area contributed by atoms with Crippen molar-refractivity contribution < 1.29 is 13.2 Å². The molecule has 1 aliphatic heterocycles. The number of benzene rings is 2. The Bertz CT molecular complexity index is 924. The summed E-state index contributed by atoms with van der Waals surface area (Å²) in [7, 11) is -1.96. The second kappa shape index (κ2) is 11.4. The van der Waals surface area contributed by atoms with E-state index in [4.69, 9.17) is 0 Å². The highest BCUT2D eigenvalue weighted by atomic mass is 32.2. The van der Waals surface area contributed by atoms with Crippen LogP contribution in [0.15, 0.2) is 59.5 Å². The molecule has 0 saturated carbocycles. The van der Waals surface area contributed by atoms with Gasteiger partial charge in [-0.05, 0) is 55.6 Å². The number of piperidine rings is 1. The number of nitrogens with one attached hydrogen (secondary N) is 1. The van der Waals surface area contributed by atoms with E-state index >= 15 is 0 Å². The van der Waals surface area contributed by atoms with E-state index in [2.05, 4.69) is 34.5 Å². The van der Waals surface area contributed by atoms with E-state index in [-0.39, 0.29) is 10.8 Å². The topological polar surface area (TPSA) is 69.7 Å². The fourth-order valence-electron chi connectivity index (χ4n) is 3.78. The number of likely N-dealkylation sites (tertiary alicyclic amines) is 1. The Labute approximate surface area is 186 Å². The van der Waals surface area contributed by atoms with Crippen molar-refractivity contribution in [3.8, 4) is 0 Å². The van der Waals surface area contributed by atoms with E-state index in [1.54, 1.807) is 37.4 Å². The van der Waals surface area contributed by atoms with Crippen molar-refractivity contribution in [1.29, 1.82) is 0 Å². The molecule has 1 heterocycles. The van der Waals surface area contributed by atoms with E-state index in [1.165, 1.54) is 42.2 Å². The fourth-order valence-corrected chi connectivity index (χ4v) is 5.01. The Balaban J connectivity index is 1.37. The Hall–Kier alpha value is -2.22. The molecule has 0 unspecified atom stereocenters. The van der Waals surface area contributed by atoms with Gasteiger partial charge >= 0.3 is 0 Å². The maximum atomic E-state index is 12.5. The molecule has 1 N–H and O–H groups in total. The zero-order chi connectivity index (χ0) is 22.1. The van der Waals surface area contributed by atoms with Gasteiger partial charge in [0.1, 0.15) is 0 Å². The lowest BCUT2D eigenvalue weighted by Crippen LogP contribution is -2.29. The molecule has 0 bridgehead atoms. The first-order valence-corrected chi connectivity index (χ1v) is 12.5. The van der Waals surface area contributed by atoms with Crippen molar-refractivity contribution in [3.63, 3.8) is 0 Å². The fraction of sp³-hybridized carbons (Fsp3) is 0.458. The quantitative estimate of drug-likeness (QED) is 0.611. The third-order valence-corrected chi connectivity index (χ3v) is 7.57. The second-order valence-electron chi connectivity index (χ2n) is 8.17. The normalized spacial score (nSPS) is 15.2. The summed E-state index contributed by atoms with van der Waals surface area (Å²) >= 11 is 0. The lowest BCUT2D eigenvalue weighted by atomic mass is 10.1. The van der Waals surface area contributed by atoms with Gasteiger partial charge in [0.15, 0.2) is 0 Å². The SMILES string of the molecule is CN(CCCC(=O)NCc1ccc(CN2CCCCC2)cc1)S(=O)(=O)c1ccccc1. The van der Waals surface area contributed by atoms with Crippen LogP contribution in [0.4, 0.5) is 0 Å². The lowest BCUT2D eigenvalue weighted by Gasteiger charge is -2.26. The number of hydrogen-bond acceptors (Lipinski definition) is 4. The van der Waals surface area contributed by atoms with Crippen LogP contribution in [0.25, 0.3) is 0 Å². The van der Waals surface area contributed by atoms with Crippen LogP contribution < -0.4 is 5.32 Å². The molecular weight excluding hydrogens is 410 g/mol. The summed E-state index contributed by atoms with van der Waals surface area (Å²) in [5.74, 6) is -0.0668. The van der Waals surface area contributed by atoms with E-state index in [1.807, 2.05) is 0 Å². The minimum Gasteiger partial charge on any atom is -0.352 e. The predicted octanol–water partition coefficient (Wildman–Crippen LogP) is 3.39. The molecule has 0 spiro atoms. The average Bonchev–Trinajstić information content (AvgIpc) is 2.80. The van der Waals surface area contributed by atoms with Crippen molar-refractivity contribution in [2.24, 2.45) is 0 Å². The van der Waals surface area contributed by atoms with Gasteiger partial charge in [-0.2, -0.15) is 0 Å². The maximum absolute atomic E-state index is 12.5. The molecule has 0 aromatic heterocycles. The minimum absolute atomic E-state index is 0.0668. The van der Waals surface area contributed by atoms with Gasteiger partial charge in [0.05, 0.1) is 4.90 Å². The number of amides is 1. The van der Waals surface area contributed by atoms with E-state index in [9.17, 15) is 13.2 Å². The Morgan fingerprint density at radius 3 is 2.29 bits per heavy atom. The van der Waals surface area contributed by atoms with Gasteiger partial charge in [-0.25, -0.2) is 12.7 Å². The molecule has 7 heteroatoms. The summed E-state index contributed by atoms with van der Waals surface area (Å²) in [6.45, 7) is 4.14. The largest absolute Gasteiger partial charge is 0.352 e. The highest BCUT2D eigenvalue weighted by molar-refractivity contribution is 7.89. The highest BCUT2D eigenvalue weighted by Gasteiger charge is 2.20. The number of hydrogen-bond donors (Lipinski definition) is 1. The van der Waals surface area contributed by atoms with Gasteiger partial charge in [0.2, 0.25) is 15.9 Å². The number of nitrogens with zero attached hydrogens (tertiary/aromatic N) is 2. The lowest BCUT2D eigenvalue weighted by molar-refractivity contribution is -0.121. The average molecular weight is 444 g/mol. The van der Waals surface area contributed by atoms with Crippen LogP contribution in [0.1, 0.15) is 43.2 Å². The summed E-state index contributed by atoms with van der Waals surface area (Å²) in [5, 5.41) is 2.93. The Morgan fingerprint density at radius 1 is 0.968 bits per heavy atom. The summed E-state index contributed by atoms with van der Waals surface area (Å²) in [4.78, 5) is 14.9. The monoisotopic (exact) mass is 443 g/mol. The van der Waals surface area contributed by atoms with Crippen LogP contribution in [-0.2, 0) is 27.9 Å². The van der Waals surface area contributed by atoms with E-state index < -0.39 is 10.0 Å². The molecule has 2 aromatic rings. The van der Waals surface area contributed by atoms with Crippen LogP contribution >= 0.6 is 0 Å². The highest BCUT2D eigenvalue weighted by Crippen LogP contribution is 2.15. The van der Waals surface area contributed by atoms with Crippen molar-refractivity contribution in [3.05, 3.63) is 65.7 Å². The van der Waals surface area contributed by atoms with Crippen LogP contribution in [0, 0.1) is 0 Å². The van der Waals surface area contributed by atoms with Crippen LogP contribution in [0.5, 0.6) is 0 Å². The number of sulfonamides is 1. The summed E-state index contributed by atoms with van der Waals surface area (Å²) in [6, 6.07) is 16.8. The predicted molar refractivity (Wildman–Crippen MR) is 123 cm³/mol. The van der Waals surface area contributed by atoms with Crippen LogP contribution in [0.3, 0.4) is 0 Å². The molecule has 0 aliphatic carbocycles. The summed E-state index contributed by atoms with van der Waals surface area (Å²) in [5.41, 5.74) is 2.37. The maximum Gasteiger partial charge on any atom is 0.242 e. The standard InChI is InChI=1S/C24H33N3O3S/c1-26(31(29,30)23-9-4-2-5-10-23)16-8-11-24(28)25-19-21-12-14-22(15-13-21)20-27-17-6-3-7-18-27/h2,4-5,9-10,12-15H,3,6-8,11,16-20H2,1H3,(H,25,28). The molecule has 1 saturated heterocycles. The van der Waals surface area contributed by atoms with Crippen LogP contribution in [-0.4, -0.2) is 50.2 Å². The van der Waals surface area contributed by atoms with Crippen molar-refractivity contribution in [2.45, 2.75) is 50.1 Å². The zero-order valence-corrected chi connectivity index (χ0v) is 19.1. The first kappa shape index (κ1) is 23.4. The summed E-state index contributed by atoms with van der Waals surface area (Å²) in [6.07, 6.45) is 4.69. The van der Waals surface area contributed by atoms with Gasteiger partial charge in [0, 0.05) is 33.1 Å². The first-order chi connectivity index (χ1) is 14.9. The molecule has 0 radical (unpaired) electrons. The van der Waals surface area contributed by atoms with E-state index in [0.717, 1.165) is 12.1 Å². The molecular formula is C24H33N3O3S. The third kappa shape index (κ3) is 7.16. The molecule has 31 heavy (non-hydrogen) atoms. The van der Waals surface area contributed by atoms with Gasteiger partial charge in [-0.15, -0.1) is 0 Å². The second-order valence-corrected chi connectivity index (χ2v) is 10.2. The third-order valence-electron chi connectivity index (χ3n) is 5.70. The van der Waals surface area contributed by atoms with Crippen molar-refractivity contribution >= 4 is 15.9 Å². The van der Waals surface area contributed by atoms with Crippen molar-refractivity contribution in [1.82, 2.24) is 14.5 Å². The zero-order valence-electron chi connectivity index (χ0n) is 18.3. The van der Waals surface area contributed by atoms with Gasteiger partial charge in [-0.1, -0.05) is 48.9 Å². The van der Waals surface area contributed by atoms with Gasteiger partial charge in [-0.3, -0.25) is 9.69 Å². The minimum atomic E-state index is -3.51. The number of carbonyl (C=O) groups is 1. The van der Waals surface area contributed by atoms with Crippen LogP contribution in [0.2, 0.25) is 0 Å².